The fourth-order valence-corrected chi connectivity index (χ4v) is 1.48. The van der Waals surface area contributed by atoms with Gasteiger partial charge in [-0.1, -0.05) is 17.3 Å². The van der Waals surface area contributed by atoms with Crippen molar-refractivity contribution < 1.29 is 8.91 Å². The van der Waals surface area contributed by atoms with Crippen LogP contribution < -0.4 is 5.32 Å². The Bertz CT molecular complexity index is 442. The highest BCUT2D eigenvalue weighted by atomic mass is 19.1. The van der Waals surface area contributed by atoms with Crippen LogP contribution in [0.4, 0.5) is 4.39 Å². The smallest absolute Gasteiger partial charge is 0.150 e. The van der Waals surface area contributed by atoms with E-state index in [0.29, 0.717) is 6.54 Å². The minimum atomic E-state index is -0.217. The van der Waals surface area contributed by atoms with E-state index < -0.39 is 0 Å². The second-order valence-corrected chi connectivity index (χ2v) is 3.64. The fraction of sp³-hybridized carbons (Fsp3) is 0.250. The Morgan fingerprint density at radius 2 is 2.31 bits per heavy atom. The van der Waals surface area contributed by atoms with E-state index >= 15 is 0 Å². The molecule has 0 saturated carbocycles. The van der Waals surface area contributed by atoms with Gasteiger partial charge in [-0.25, -0.2) is 4.39 Å². The summed E-state index contributed by atoms with van der Waals surface area (Å²) in [6.07, 6.45) is 1.60. The van der Waals surface area contributed by atoms with Crippen molar-refractivity contribution in [3.63, 3.8) is 0 Å². The molecule has 0 bridgehead atoms. The Morgan fingerprint density at radius 3 is 3.00 bits per heavy atom. The average Bonchev–Trinajstić information content (AvgIpc) is 2.78. The highest BCUT2D eigenvalue weighted by molar-refractivity contribution is 5.19. The maximum absolute atomic E-state index is 13.0. The third kappa shape index (κ3) is 2.67. The first-order chi connectivity index (χ1) is 7.75. The van der Waals surface area contributed by atoms with Crippen LogP contribution in [0.25, 0.3) is 0 Å². The summed E-state index contributed by atoms with van der Waals surface area (Å²) in [4.78, 5) is 0. The van der Waals surface area contributed by atoms with Gasteiger partial charge in [0.1, 0.15) is 11.6 Å². The van der Waals surface area contributed by atoms with Crippen LogP contribution in [-0.4, -0.2) is 5.16 Å². The molecule has 0 aliphatic carbocycles. The van der Waals surface area contributed by atoms with Gasteiger partial charge in [0.05, 0.1) is 12.7 Å². The highest BCUT2D eigenvalue weighted by Gasteiger charge is 2.06. The van der Waals surface area contributed by atoms with Gasteiger partial charge in [0.2, 0.25) is 0 Å². The van der Waals surface area contributed by atoms with Crippen molar-refractivity contribution in [3.8, 4) is 0 Å². The Hall–Kier alpha value is -1.68. The predicted octanol–water partition coefficient (Wildman–Crippen LogP) is 2.66. The van der Waals surface area contributed by atoms with Gasteiger partial charge in [-0.15, -0.1) is 0 Å². The Balaban J connectivity index is 1.95. The summed E-state index contributed by atoms with van der Waals surface area (Å²) in [5.74, 6) is 0.550. The second kappa shape index (κ2) is 4.90. The largest absolute Gasteiger partial charge is 0.360 e. The molecule has 16 heavy (non-hydrogen) atoms. The molecule has 0 aliphatic heterocycles. The van der Waals surface area contributed by atoms with Gasteiger partial charge in [-0.3, -0.25) is 0 Å². The quantitative estimate of drug-likeness (QED) is 0.860. The van der Waals surface area contributed by atoms with E-state index in [9.17, 15) is 4.39 Å². The SMILES string of the molecule is CC(NCc1ccno1)c1cccc(F)c1. The molecule has 2 aromatic rings. The first-order valence-electron chi connectivity index (χ1n) is 5.14. The van der Waals surface area contributed by atoms with E-state index in [1.165, 1.54) is 12.1 Å². The van der Waals surface area contributed by atoms with Crippen LogP contribution in [0.15, 0.2) is 41.1 Å². The summed E-state index contributed by atoms with van der Waals surface area (Å²) in [6, 6.07) is 8.43. The standard InChI is InChI=1S/C12H13FN2O/c1-9(10-3-2-4-11(13)7-10)14-8-12-5-6-15-16-12/h2-7,9,14H,8H2,1H3. The first-order valence-corrected chi connectivity index (χ1v) is 5.14. The second-order valence-electron chi connectivity index (χ2n) is 3.64. The lowest BCUT2D eigenvalue weighted by Crippen LogP contribution is -2.17. The highest BCUT2D eigenvalue weighted by Crippen LogP contribution is 2.14. The van der Waals surface area contributed by atoms with Gasteiger partial charge in [0.15, 0.2) is 0 Å². The molecule has 2 rings (SSSR count). The molecule has 0 aliphatic rings. The molecule has 0 radical (unpaired) electrons. The van der Waals surface area contributed by atoms with Crippen LogP contribution >= 0.6 is 0 Å². The topological polar surface area (TPSA) is 38.1 Å². The zero-order chi connectivity index (χ0) is 11.4. The Kier molecular flexibility index (Phi) is 3.31. The Morgan fingerprint density at radius 1 is 1.44 bits per heavy atom. The molecule has 0 saturated heterocycles. The normalized spacial score (nSPS) is 12.6. The molecule has 1 unspecified atom stereocenters. The van der Waals surface area contributed by atoms with Crippen molar-refractivity contribution in [2.45, 2.75) is 19.5 Å². The number of aromatic nitrogens is 1. The molecule has 1 aromatic carbocycles. The lowest BCUT2D eigenvalue weighted by Gasteiger charge is -2.12. The minimum absolute atomic E-state index is 0.0702. The number of hydrogen-bond acceptors (Lipinski definition) is 3. The third-order valence-electron chi connectivity index (χ3n) is 2.42. The molecule has 3 nitrogen and oxygen atoms in total. The summed E-state index contributed by atoms with van der Waals surface area (Å²) >= 11 is 0. The summed E-state index contributed by atoms with van der Waals surface area (Å²) in [5, 5.41) is 6.84. The van der Waals surface area contributed by atoms with Crippen molar-refractivity contribution in [2.75, 3.05) is 0 Å². The molecule has 1 heterocycles. The number of hydrogen-bond donors (Lipinski definition) is 1. The maximum atomic E-state index is 13.0. The van der Waals surface area contributed by atoms with Gasteiger partial charge in [0, 0.05) is 12.1 Å². The van der Waals surface area contributed by atoms with Crippen LogP contribution in [-0.2, 0) is 6.54 Å². The van der Waals surface area contributed by atoms with Crippen molar-refractivity contribution in [3.05, 3.63) is 53.7 Å². The Labute approximate surface area is 93.3 Å². The van der Waals surface area contributed by atoms with Crippen molar-refractivity contribution >= 4 is 0 Å². The summed E-state index contributed by atoms with van der Waals surface area (Å²) in [7, 11) is 0. The van der Waals surface area contributed by atoms with Gasteiger partial charge in [-0.05, 0) is 24.6 Å². The molecule has 0 spiro atoms. The fourth-order valence-electron chi connectivity index (χ4n) is 1.48. The van der Waals surface area contributed by atoms with Crippen molar-refractivity contribution in [1.29, 1.82) is 0 Å². The van der Waals surface area contributed by atoms with E-state index in [4.69, 9.17) is 4.52 Å². The average molecular weight is 220 g/mol. The number of nitrogens with zero attached hydrogens (tertiary/aromatic N) is 1. The molecular weight excluding hydrogens is 207 g/mol. The van der Waals surface area contributed by atoms with E-state index in [0.717, 1.165) is 11.3 Å². The van der Waals surface area contributed by atoms with E-state index in [1.807, 2.05) is 13.0 Å². The molecule has 1 aromatic heterocycles. The van der Waals surface area contributed by atoms with Crippen molar-refractivity contribution in [1.82, 2.24) is 10.5 Å². The van der Waals surface area contributed by atoms with Crippen molar-refractivity contribution in [2.24, 2.45) is 0 Å². The molecule has 1 N–H and O–H groups in total. The van der Waals surface area contributed by atoms with Gasteiger partial charge in [0.25, 0.3) is 0 Å². The van der Waals surface area contributed by atoms with Crippen LogP contribution in [0.1, 0.15) is 24.3 Å². The van der Waals surface area contributed by atoms with Crippen LogP contribution in [0.2, 0.25) is 0 Å². The third-order valence-corrected chi connectivity index (χ3v) is 2.42. The molecular formula is C12H13FN2O. The van der Waals surface area contributed by atoms with Gasteiger partial charge >= 0.3 is 0 Å². The lowest BCUT2D eigenvalue weighted by atomic mass is 10.1. The van der Waals surface area contributed by atoms with Crippen LogP contribution in [0.5, 0.6) is 0 Å². The maximum Gasteiger partial charge on any atom is 0.150 e. The molecule has 0 amide bonds. The number of benzene rings is 1. The van der Waals surface area contributed by atoms with E-state index in [2.05, 4.69) is 10.5 Å². The predicted molar refractivity (Wildman–Crippen MR) is 58.2 cm³/mol. The molecule has 84 valence electrons. The zero-order valence-corrected chi connectivity index (χ0v) is 8.98. The van der Waals surface area contributed by atoms with Crippen LogP contribution in [0.3, 0.4) is 0 Å². The lowest BCUT2D eigenvalue weighted by molar-refractivity contribution is 0.366. The monoisotopic (exact) mass is 220 g/mol. The van der Waals surface area contributed by atoms with Crippen LogP contribution in [0, 0.1) is 5.82 Å². The summed E-state index contributed by atoms with van der Waals surface area (Å²) in [6.45, 7) is 2.56. The van der Waals surface area contributed by atoms with Gasteiger partial charge in [-0.2, -0.15) is 0 Å². The molecule has 4 heteroatoms. The van der Waals surface area contributed by atoms with Gasteiger partial charge < -0.3 is 9.84 Å². The van der Waals surface area contributed by atoms with E-state index in [-0.39, 0.29) is 11.9 Å². The minimum Gasteiger partial charge on any atom is -0.360 e. The first kappa shape index (κ1) is 10.8. The number of nitrogens with one attached hydrogen (secondary N) is 1. The molecule has 0 fully saturated rings. The summed E-state index contributed by atoms with van der Waals surface area (Å²) < 4.78 is 17.9. The van der Waals surface area contributed by atoms with E-state index in [1.54, 1.807) is 18.3 Å². The molecule has 1 atom stereocenters. The summed E-state index contributed by atoms with van der Waals surface area (Å²) in [5.41, 5.74) is 0.916. The number of halogens is 1. The zero-order valence-electron chi connectivity index (χ0n) is 8.98. The number of rotatable bonds is 4.